The van der Waals surface area contributed by atoms with Crippen LogP contribution in [0.3, 0.4) is 0 Å². The van der Waals surface area contributed by atoms with E-state index in [1.165, 1.54) is 24.0 Å². The molecule has 1 unspecified atom stereocenters. The quantitative estimate of drug-likeness (QED) is 0.832. The fourth-order valence-electron chi connectivity index (χ4n) is 2.18. The van der Waals surface area contributed by atoms with Crippen LogP contribution in [0.5, 0.6) is 0 Å². The average Bonchev–Trinajstić information content (AvgIpc) is 2.38. The van der Waals surface area contributed by atoms with Gasteiger partial charge in [0.05, 0.1) is 17.7 Å². The first-order valence-corrected chi connectivity index (χ1v) is 6.37. The molecule has 1 aliphatic heterocycles. The Kier molecular flexibility index (Phi) is 3.76. The summed E-state index contributed by atoms with van der Waals surface area (Å²) in [6, 6.07) is 3.49. The normalized spacial score (nSPS) is 21.3. The van der Waals surface area contributed by atoms with Crippen molar-refractivity contribution in [3.8, 4) is 0 Å². The van der Waals surface area contributed by atoms with E-state index in [-0.39, 0.29) is 18.2 Å². The lowest BCUT2D eigenvalue weighted by Crippen LogP contribution is -2.63. The molecular formula is C14H17FN2O3. The highest BCUT2D eigenvalue weighted by Crippen LogP contribution is 2.30. The molecule has 0 spiro atoms. The Bertz CT molecular complexity index is 557. The van der Waals surface area contributed by atoms with Crippen molar-refractivity contribution in [2.45, 2.75) is 25.8 Å². The highest BCUT2D eigenvalue weighted by molar-refractivity contribution is 5.97. The van der Waals surface area contributed by atoms with E-state index < -0.39 is 17.1 Å². The third-order valence-electron chi connectivity index (χ3n) is 3.71. The molecule has 1 heterocycles. The zero-order valence-electron chi connectivity index (χ0n) is 11.4. The number of nitrogens with one attached hydrogen (secondary N) is 1. The molecule has 0 radical (unpaired) electrons. The van der Waals surface area contributed by atoms with E-state index in [9.17, 15) is 19.1 Å². The van der Waals surface area contributed by atoms with E-state index in [2.05, 4.69) is 5.32 Å². The van der Waals surface area contributed by atoms with Crippen molar-refractivity contribution in [2.75, 3.05) is 18.5 Å². The Labute approximate surface area is 116 Å². The van der Waals surface area contributed by atoms with Crippen LogP contribution >= 0.6 is 0 Å². The Balaban J connectivity index is 2.13. The number of hydrogen-bond acceptors (Lipinski definition) is 3. The molecule has 1 aliphatic rings. The molecule has 0 bridgehead atoms. The monoisotopic (exact) mass is 280 g/mol. The van der Waals surface area contributed by atoms with Gasteiger partial charge in [-0.05, 0) is 38.5 Å². The molecule has 0 aromatic heterocycles. The number of aliphatic hydroxyl groups is 1. The number of aliphatic hydroxyl groups excluding tert-OH is 1. The minimum atomic E-state index is -0.611. The first-order valence-electron chi connectivity index (χ1n) is 6.37. The number of hydrogen-bond donors (Lipinski definition) is 2. The number of carbonyl (C=O) groups is 2. The summed E-state index contributed by atoms with van der Waals surface area (Å²) in [6.45, 7) is 3.51. The highest BCUT2D eigenvalue weighted by atomic mass is 19.1. The molecule has 1 aromatic rings. The molecule has 108 valence electrons. The predicted octanol–water partition coefficient (Wildman–Crippen LogP) is 2.02. The lowest BCUT2D eigenvalue weighted by molar-refractivity contribution is -0.00135. The molecule has 2 rings (SSSR count). The van der Waals surface area contributed by atoms with Gasteiger partial charge in [0.25, 0.3) is 0 Å². The minimum absolute atomic E-state index is 0.0590. The van der Waals surface area contributed by atoms with Crippen molar-refractivity contribution < 1.29 is 19.1 Å². The number of ketones is 1. The van der Waals surface area contributed by atoms with E-state index >= 15 is 0 Å². The Morgan fingerprint density at radius 2 is 2.20 bits per heavy atom. The van der Waals surface area contributed by atoms with Gasteiger partial charge in [0.2, 0.25) is 0 Å². The van der Waals surface area contributed by atoms with Gasteiger partial charge >= 0.3 is 6.03 Å². The second-order valence-corrected chi connectivity index (χ2v) is 5.24. The Morgan fingerprint density at radius 1 is 1.50 bits per heavy atom. The van der Waals surface area contributed by atoms with Crippen LogP contribution in [0.4, 0.5) is 14.9 Å². The second-order valence-electron chi connectivity index (χ2n) is 5.24. The molecular weight excluding hydrogens is 263 g/mol. The summed E-state index contributed by atoms with van der Waals surface area (Å²) < 4.78 is 13.4. The molecule has 6 heteroatoms. The maximum absolute atomic E-state index is 13.4. The minimum Gasteiger partial charge on any atom is -0.394 e. The second kappa shape index (κ2) is 5.20. The van der Waals surface area contributed by atoms with Gasteiger partial charge in [0, 0.05) is 12.2 Å². The van der Waals surface area contributed by atoms with Gasteiger partial charge in [-0.2, -0.15) is 0 Å². The molecule has 1 saturated heterocycles. The molecule has 1 atom stereocenters. The summed E-state index contributed by atoms with van der Waals surface area (Å²) in [6.07, 6.45) is 0.735. The molecule has 1 aromatic carbocycles. The SMILES string of the molecule is CC(=O)c1cc(NC(=O)N2CCC2(C)CO)ccc1F. The van der Waals surface area contributed by atoms with Crippen LogP contribution in [0.25, 0.3) is 0 Å². The Hall–Kier alpha value is -1.95. The van der Waals surface area contributed by atoms with Crippen molar-refractivity contribution >= 4 is 17.5 Å². The number of benzene rings is 1. The van der Waals surface area contributed by atoms with Crippen LogP contribution in [0, 0.1) is 5.82 Å². The van der Waals surface area contributed by atoms with Crippen molar-refractivity contribution in [1.82, 2.24) is 4.90 Å². The summed E-state index contributed by atoms with van der Waals surface area (Å²) in [5, 5.41) is 11.9. The van der Waals surface area contributed by atoms with Gasteiger partial charge < -0.3 is 15.3 Å². The van der Waals surface area contributed by atoms with Crippen LogP contribution in [-0.4, -0.2) is 40.5 Å². The zero-order chi connectivity index (χ0) is 14.9. The number of carbonyl (C=O) groups excluding carboxylic acids is 2. The van der Waals surface area contributed by atoms with Crippen LogP contribution in [-0.2, 0) is 0 Å². The van der Waals surface area contributed by atoms with E-state index in [1.54, 1.807) is 6.92 Å². The van der Waals surface area contributed by atoms with E-state index in [1.807, 2.05) is 0 Å². The number of amides is 2. The molecule has 1 fully saturated rings. The standard InChI is InChI=1S/C14H17FN2O3/c1-9(19)11-7-10(3-4-12(11)15)16-13(20)17-6-5-14(17,2)8-18/h3-4,7,18H,5-6,8H2,1-2H3,(H,16,20). The van der Waals surface area contributed by atoms with Crippen molar-refractivity contribution in [2.24, 2.45) is 0 Å². The lowest BCUT2D eigenvalue weighted by atomic mass is 9.88. The van der Waals surface area contributed by atoms with Crippen LogP contribution < -0.4 is 5.32 Å². The summed E-state index contributed by atoms with van der Waals surface area (Å²) in [7, 11) is 0. The zero-order valence-corrected chi connectivity index (χ0v) is 11.4. The van der Waals surface area contributed by atoms with Crippen molar-refractivity contribution in [3.05, 3.63) is 29.6 Å². The van der Waals surface area contributed by atoms with Crippen molar-refractivity contribution in [3.63, 3.8) is 0 Å². The van der Waals surface area contributed by atoms with Gasteiger partial charge in [-0.1, -0.05) is 0 Å². The number of anilines is 1. The number of nitrogens with zero attached hydrogens (tertiary/aromatic N) is 1. The molecule has 2 amide bonds. The van der Waals surface area contributed by atoms with Crippen LogP contribution in [0.1, 0.15) is 30.6 Å². The third-order valence-corrected chi connectivity index (χ3v) is 3.71. The van der Waals surface area contributed by atoms with E-state index in [0.29, 0.717) is 12.2 Å². The molecule has 0 aliphatic carbocycles. The molecule has 2 N–H and O–H groups in total. The molecule has 0 saturated carbocycles. The van der Waals surface area contributed by atoms with E-state index in [4.69, 9.17) is 0 Å². The maximum Gasteiger partial charge on any atom is 0.322 e. The van der Waals surface area contributed by atoms with Gasteiger partial charge in [0.1, 0.15) is 5.82 Å². The highest BCUT2D eigenvalue weighted by Gasteiger charge is 2.43. The van der Waals surface area contributed by atoms with Crippen molar-refractivity contribution in [1.29, 1.82) is 0 Å². The first kappa shape index (κ1) is 14.5. The maximum atomic E-state index is 13.4. The van der Waals surface area contributed by atoms with Crippen LogP contribution in [0.15, 0.2) is 18.2 Å². The van der Waals surface area contributed by atoms with Gasteiger partial charge in [0.15, 0.2) is 5.78 Å². The van der Waals surface area contributed by atoms with Gasteiger partial charge in [-0.15, -0.1) is 0 Å². The summed E-state index contributed by atoms with van der Waals surface area (Å²) in [4.78, 5) is 24.8. The smallest absolute Gasteiger partial charge is 0.322 e. The molecule has 20 heavy (non-hydrogen) atoms. The van der Waals surface area contributed by atoms with Gasteiger partial charge in [-0.25, -0.2) is 9.18 Å². The van der Waals surface area contributed by atoms with E-state index in [0.717, 1.165) is 12.5 Å². The number of likely N-dealkylation sites (tertiary alicyclic amines) is 1. The molecule has 5 nitrogen and oxygen atoms in total. The fourth-order valence-corrected chi connectivity index (χ4v) is 2.18. The van der Waals surface area contributed by atoms with Crippen LogP contribution in [0.2, 0.25) is 0 Å². The average molecular weight is 280 g/mol. The number of urea groups is 1. The summed E-state index contributed by atoms with van der Waals surface area (Å²) in [5.74, 6) is -1.01. The predicted molar refractivity (Wildman–Crippen MR) is 72.2 cm³/mol. The van der Waals surface area contributed by atoms with Gasteiger partial charge in [-0.3, -0.25) is 4.79 Å². The third kappa shape index (κ3) is 2.51. The Morgan fingerprint density at radius 3 is 2.70 bits per heavy atom. The largest absolute Gasteiger partial charge is 0.394 e. The number of Topliss-reactive ketones (excluding diaryl/α,β-unsaturated/α-hetero) is 1. The topological polar surface area (TPSA) is 69.6 Å². The summed E-state index contributed by atoms with van der Waals surface area (Å²) in [5.41, 5.74) is -0.252. The first-order chi connectivity index (χ1) is 9.37. The number of rotatable bonds is 3. The summed E-state index contributed by atoms with van der Waals surface area (Å²) >= 11 is 0. The number of halogens is 1. The lowest BCUT2D eigenvalue weighted by Gasteiger charge is -2.49. The fraction of sp³-hybridized carbons (Fsp3) is 0.429.